The summed E-state index contributed by atoms with van der Waals surface area (Å²) >= 11 is 0. The number of aromatic nitrogens is 1. The van der Waals surface area contributed by atoms with Gasteiger partial charge in [-0.05, 0) is 61.1 Å². The summed E-state index contributed by atoms with van der Waals surface area (Å²) < 4.78 is 39.6. The van der Waals surface area contributed by atoms with E-state index in [0.29, 0.717) is 38.2 Å². The Balaban J connectivity index is 1.15. The molecule has 1 spiro atoms. The highest BCUT2D eigenvalue weighted by Gasteiger charge is 2.55. The van der Waals surface area contributed by atoms with Crippen LogP contribution in [0.3, 0.4) is 0 Å². The molecule has 3 heterocycles. The van der Waals surface area contributed by atoms with Crippen molar-refractivity contribution < 1.29 is 27.8 Å². The van der Waals surface area contributed by atoms with Gasteiger partial charge in [-0.1, -0.05) is 24.3 Å². The number of rotatable bonds is 6. The molecule has 0 atom stereocenters. The SMILES string of the molecule is COc1cnc2cc(-c3ccc(S(=O)(=O)N4CCC5(CC4)CN(C4(CO)CC4)C(=O)CO5)cc3)ccc2c1. The monoisotopic (exact) mass is 537 g/mol. The van der Waals surface area contributed by atoms with Crippen molar-refractivity contribution in [1.29, 1.82) is 0 Å². The molecule has 3 aliphatic rings. The van der Waals surface area contributed by atoms with Crippen molar-refractivity contribution in [2.75, 3.05) is 40.0 Å². The zero-order chi connectivity index (χ0) is 26.5. The molecule has 0 bridgehead atoms. The van der Waals surface area contributed by atoms with Gasteiger partial charge in [0.05, 0.1) is 48.0 Å². The van der Waals surface area contributed by atoms with Gasteiger partial charge in [-0.3, -0.25) is 9.78 Å². The average molecular weight is 538 g/mol. The second-order valence-electron chi connectivity index (χ2n) is 10.5. The van der Waals surface area contributed by atoms with E-state index in [1.54, 1.807) is 30.3 Å². The molecule has 1 amide bonds. The summed E-state index contributed by atoms with van der Waals surface area (Å²) in [6.45, 7) is 0.974. The van der Waals surface area contributed by atoms with E-state index in [9.17, 15) is 18.3 Å². The third-order valence-corrected chi connectivity index (χ3v) is 10.2. The molecule has 6 rings (SSSR count). The molecule has 1 aliphatic carbocycles. The van der Waals surface area contributed by atoms with Crippen LogP contribution in [0.2, 0.25) is 0 Å². The second kappa shape index (κ2) is 9.30. The van der Waals surface area contributed by atoms with Gasteiger partial charge in [-0.25, -0.2) is 8.42 Å². The molecule has 1 N–H and O–H groups in total. The zero-order valence-corrected chi connectivity index (χ0v) is 22.1. The van der Waals surface area contributed by atoms with Crippen LogP contribution in [0.15, 0.2) is 59.6 Å². The maximum atomic E-state index is 13.4. The number of carbonyl (C=O) groups excluding carboxylic acids is 1. The summed E-state index contributed by atoms with van der Waals surface area (Å²) in [5.41, 5.74) is 1.66. The Morgan fingerprint density at radius 3 is 2.39 bits per heavy atom. The van der Waals surface area contributed by atoms with Gasteiger partial charge in [-0.15, -0.1) is 0 Å². The van der Waals surface area contributed by atoms with Crippen molar-refractivity contribution in [2.45, 2.75) is 41.7 Å². The first-order chi connectivity index (χ1) is 18.3. The number of amides is 1. The lowest BCUT2D eigenvalue weighted by atomic mass is 9.89. The zero-order valence-electron chi connectivity index (χ0n) is 21.3. The number of pyridine rings is 1. The van der Waals surface area contributed by atoms with Crippen LogP contribution in [0.4, 0.5) is 0 Å². The fraction of sp³-hybridized carbons (Fsp3) is 0.429. The standard InChI is InChI=1S/C28H31N3O6S/c1-36-23-14-22-3-2-21(15-25(22)29-16-23)20-4-6-24(7-5-20)38(34,35)30-12-10-28(11-13-30)18-31(26(33)17-37-28)27(19-32)8-9-27/h2-7,14-16,32H,8-13,17-19H2,1H3. The number of piperidine rings is 1. The van der Waals surface area contributed by atoms with Crippen LogP contribution in [0.25, 0.3) is 22.0 Å². The molecule has 2 saturated heterocycles. The number of hydrogen-bond acceptors (Lipinski definition) is 7. The number of fused-ring (bicyclic) bond motifs is 1. The van der Waals surface area contributed by atoms with Gasteiger partial charge in [-0.2, -0.15) is 4.31 Å². The highest BCUT2D eigenvalue weighted by atomic mass is 32.2. The summed E-state index contributed by atoms with van der Waals surface area (Å²) in [7, 11) is -2.07. The maximum absolute atomic E-state index is 13.4. The lowest BCUT2D eigenvalue weighted by Crippen LogP contribution is -2.62. The van der Waals surface area contributed by atoms with Crippen LogP contribution in [-0.2, 0) is 19.6 Å². The van der Waals surface area contributed by atoms with Gasteiger partial charge in [0.25, 0.3) is 0 Å². The first-order valence-electron chi connectivity index (χ1n) is 12.9. The minimum Gasteiger partial charge on any atom is -0.495 e. The Bertz CT molecular complexity index is 1480. The maximum Gasteiger partial charge on any atom is 0.249 e. The largest absolute Gasteiger partial charge is 0.495 e. The number of aliphatic hydroxyl groups excluding tert-OH is 1. The molecule has 2 aromatic carbocycles. The Kier molecular flexibility index (Phi) is 6.18. The van der Waals surface area contributed by atoms with Crippen LogP contribution in [-0.4, -0.2) is 84.7 Å². The van der Waals surface area contributed by atoms with Gasteiger partial charge in [0.1, 0.15) is 12.4 Å². The van der Waals surface area contributed by atoms with Crippen molar-refractivity contribution in [3.8, 4) is 16.9 Å². The highest BCUT2D eigenvalue weighted by Crippen LogP contribution is 2.45. The fourth-order valence-electron chi connectivity index (χ4n) is 5.60. The van der Waals surface area contributed by atoms with Crippen molar-refractivity contribution in [3.05, 3.63) is 54.7 Å². The quantitative estimate of drug-likeness (QED) is 0.515. The number of aliphatic hydroxyl groups is 1. The summed E-state index contributed by atoms with van der Waals surface area (Å²) in [5.74, 6) is 0.598. The van der Waals surface area contributed by atoms with Crippen molar-refractivity contribution in [3.63, 3.8) is 0 Å². The number of ether oxygens (including phenoxy) is 2. The van der Waals surface area contributed by atoms with E-state index in [1.807, 2.05) is 36.4 Å². The molecule has 10 heteroatoms. The first-order valence-corrected chi connectivity index (χ1v) is 14.3. The predicted molar refractivity (Wildman–Crippen MR) is 141 cm³/mol. The van der Waals surface area contributed by atoms with Crippen LogP contribution in [0.5, 0.6) is 5.75 Å². The van der Waals surface area contributed by atoms with Gasteiger partial charge >= 0.3 is 0 Å². The van der Waals surface area contributed by atoms with Crippen LogP contribution < -0.4 is 4.74 Å². The van der Waals surface area contributed by atoms with Crippen molar-refractivity contribution in [2.24, 2.45) is 0 Å². The number of carbonyl (C=O) groups is 1. The Hall–Kier alpha value is -3.05. The number of methoxy groups -OCH3 is 1. The van der Waals surface area contributed by atoms with E-state index in [2.05, 4.69) is 4.98 Å². The first kappa shape index (κ1) is 25.2. The summed E-state index contributed by atoms with van der Waals surface area (Å²) in [6, 6.07) is 14.8. The number of sulfonamides is 1. The summed E-state index contributed by atoms with van der Waals surface area (Å²) in [5, 5.41) is 10.8. The van der Waals surface area contributed by atoms with Crippen LogP contribution >= 0.6 is 0 Å². The molecule has 0 unspecified atom stereocenters. The minimum absolute atomic E-state index is 0.0200. The molecule has 0 radical (unpaired) electrons. The molecule has 3 fully saturated rings. The normalized spacial score (nSPS) is 21.1. The Morgan fingerprint density at radius 1 is 1.03 bits per heavy atom. The fourth-order valence-corrected chi connectivity index (χ4v) is 7.04. The van der Waals surface area contributed by atoms with E-state index >= 15 is 0 Å². The van der Waals surface area contributed by atoms with Crippen LogP contribution in [0.1, 0.15) is 25.7 Å². The lowest BCUT2D eigenvalue weighted by Gasteiger charge is -2.48. The second-order valence-corrected chi connectivity index (χ2v) is 12.5. The van der Waals surface area contributed by atoms with Crippen molar-refractivity contribution >= 4 is 26.8 Å². The molecular weight excluding hydrogens is 506 g/mol. The number of nitrogens with zero attached hydrogens (tertiary/aromatic N) is 3. The molecule has 1 saturated carbocycles. The minimum atomic E-state index is -3.67. The topological polar surface area (TPSA) is 109 Å². The predicted octanol–water partition coefficient (Wildman–Crippen LogP) is 2.82. The molecule has 1 aromatic heterocycles. The Labute approximate surface area is 222 Å². The molecule has 3 aromatic rings. The van der Waals surface area contributed by atoms with E-state index in [-0.39, 0.29) is 24.0 Å². The van der Waals surface area contributed by atoms with E-state index in [1.165, 1.54) is 4.31 Å². The summed E-state index contributed by atoms with van der Waals surface area (Å²) in [6.07, 6.45) is 4.28. The molecule has 38 heavy (non-hydrogen) atoms. The Morgan fingerprint density at radius 2 is 1.74 bits per heavy atom. The smallest absolute Gasteiger partial charge is 0.249 e. The third kappa shape index (κ3) is 4.35. The van der Waals surface area contributed by atoms with Gasteiger partial charge < -0.3 is 19.5 Å². The van der Waals surface area contributed by atoms with Gasteiger partial charge in [0.15, 0.2) is 0 Å². The highest BCUT2D eigenvalue weighted by molar-refractivity contribution is 7.89. The van der Waals surface area contributed by atoms with Crippen LogP contribution in [0, 0.1) is 0 Å². The van der Waals surface area contributed by atoms with E-state index in [0.717, 1.165) is 34.9 Å². The third-order valence-electron chi connectivity index (χ3n) is 8.30. The van der Waals surface area contributed by atoms with E-state index in [4.69, 9.17) is 9.47 Å². The molecule has 200 valence electrons. The molecule has 9 nitrogen and oxygen atoms in total. The summed E-state index contributed by atoms with van der Waals surface area (Å²) in [4.78, 5) is 18.9. The average Bonchev–Trinajstić information content (AvgIpc) is 3.75. The van der Waals surface area contributed by atoms with Crippen molar-refractivity contribution in [1.82, 2.24) is 14.2 Å². The van der Waals surface area contributed by atoms with Gasteiger partial charge in [0, 0.05) is 18.5 Å². The lowest BCUT2D eigenvalue weighted by molar-refractivity contribution is -0.177. The number of morpholine rings is 1. The number of hydrogen-bond donors (Lipinski definition) is 1. The van der Waals surface area contributed by atoms with Gasteiger partial charge in [0.2, 0.25) is 15.9 Å². The molecule has 2 aliphatic heterocycles. The van der Waals surface area contributed by atoms with E-state index < -0.39 is 21.2 Å². The number of benzene rings is 2. The molecular formula is C28H31N3O6S.